The molecular formula is C13H21N3O2. The number of rotatable bonds is 2. The third-order valence-electron chi connectivity index (χ3n) is 4.20. The Morgan fingerprint density at radius 1 is 1.39 bits per heavy atom. The minimum absolute atomic E-state index is 0.284. The predicted octanol–water partition coefficient (Wildman–Crippen LogP) is 1.94. The van der Waals surface area contributed by atoms with E-state index < -0.39 is 5.54 Å². The van der Waals surface area contributed by atoms with Gasteiger partial charge in [-0.2, -0.15) is 4.98 Å². The van der Waals surface area contributed by atoms with E-state index in [0.29, 0.717) is 18.4 Å². The molecule has 2 N–H and O–H groups in total. The lowest BCUT2D eigenvalue weighted by atomic mass is 9.77. The quantitative estimate of drug-likeness (QED) is 0.869. The fourth-order valence-electron chi connectivity index (χ4n) is 3.13. The summed E-state index contributed by atoms with van der Waals surface area (Å²) in [6, 6.07) is 0. The standard InChI is InChI=1S/C13H21N3O2/c1-9-3-2-5-13(14,7-9)12-15-11(16-18-12)10-4-6-17-8-10/h9-10H,2-8,14H2,1H3. The van der Waals surface area contributed by atoms with Gasteiger partial charge in [0.2, 0.25) is 5.89 Å². The van der Waals surface area contributed by atoms with E-state index in [1.807, 2.05) is 0 Å². The van der Waals surface area contributed by atoms with Crippen molar-refractivity contribution in [2.45, 2.75) is 50.5 Å². The largest absolute Gasteiger partial charge is 0.381 e. The van der Waals surface area contributed by atoms with Gasteiger partial charge in [-0.15, -0.1) is 0 Å². The van der Waals surface area contributed by atoms with Crippen LogP contribution in [0.3, 0.4) is 0 Å². The molecule has 0 amide bonds. The summed E-state index contributed by atoms with van der Waals surface area (Å²) in [7, 11) is 0. The van der Waals surface area contributed by atoms with Crippen LogP contribution >= 0.6 is 0 Å². The van der Waals surface area contributed by atoms with Gasteiger partial charge in [-0.3, -0.25) is 0 Å². The molecule has 1 aliphatic carbocycles. The number of ether oxygens (including phenoxy) is 1. The molecule has 0 aromatic carbocycles. The molecule has 100 valence electrons. The van der Waals surface area contributed by atoms with Crippen LogP contribution in [0.1, 0.15) is 56.7 Å². The van der Waals surface area contributed by atoms with Gasteiger partial charge in [0.15, 0.2) is 5.82 Å². The molecule has 0 radical (unpaired) electrons. The molecule has 18 heavy (non-hydrogen) atoms. The number of hydrogen-bond acceptors (Lipinski definition) is 5. The van der Waals surface area contributed by atoms with Crippen molar-refractivity contribution in [1.82, 2.24) is 10.1 Å². The van der Waals surface area contributed by atoms with Crippen LogP contribution in [-0.4, -0.2) is 23.4 Å². The number of nitrogens with zero attached hydrogens (tertiary/aromatic N) is 2. The highest BCUT2D eigenvalue weighted by molar-refractivity contribution is 5.07. The Balaban J connectivity index is 1.79. The molecule has 2 fully saturated rings. The summed E-state index contributed by atoms with van der Waals surface area (Å²) >= 11 is 0. The first kappa shape index (κ1) is 12.1. The molecule has 3 unspecified atom stereocenters. The van der Waals surface area contributed by atoms with E-state index in [-0.39, 0.29) is 5.92 Å². The normalized spacial score (nSPS) is 37.0. The van der Waals surface area contributed by atoms with E-state index in [2.05, 4.69) is 17.1 Å². The van der Waals surface area contributed by atoms with Gasteiger partial charge in [0.25, 0.3) is 0 Å². The Bertz CT molecular complexity index is 414. The summed E-state index contributed by atoms with van der Waals surface area (Å²) in [4.78, 5) is 4.54. The number of aromatic nitrogens is 2. The Labute approximate surface area is 107 Å². The zero-order valence-electron chi connectivity index (χ0n) is 10.9. The molecule has 1 aliphatic heterocycles. The van der Waals surface area contributed by atoms with E-state index in [1.54, 1.807) is 0 Å². The molecule has 3 rings (SSSR count). The van der Waals surface area contributed by atoms with Gasteiger partial charge in [0, 0.05) is 12.5 Å². The Morgan fingerprint density at radius 3 is 3.00 bits per heavy atom. The van der Waals surface area contributed by atoms with Crippen LogP contribution in [-0.2, 0) is 10.3 Å². The van der Waals surface area contributed by atoms with Gasteiger partial charge in [0.1, 0.15) is 0 Å². The van der Waals surface area contributed by atoms with Crippen molar-refractivity contribution in [2.24, 2.45) is 11.7 Å². The van der Waals surface area contributed by atoms with Crippen molar-refractivity contribution in [3.05, 3.63) is 11.7 Å². The minimum atomic E-state index is -0.414. The summed E-state index contributed by atoms with van der Waals surface area (Å²) in [6.07, 6.45) is 5.25. The van der Waals surface area contributed by atoms with Crippen LogP contribution in [0.15, 0.2) is 4.52 Å². The molecule has 0 spiro atoms. The van der Waals surface area contributed by atoms with Gasteiger partial charge in [-0.25, -0.2) is 0 Å². The zero-order valence-corrected chi connectivity index (χ0v) is 10.9. The minimum Gasteiger partial charge on any atom is -0.381 e. The molecule has 1 saturated heterocycles. The summed E-state index contributed by atoms with van der Waals surface area (Å²) in [5.41, 5.74) is 6.04. The van der Waals surface area contributed by atoms with E-state index in [1.165, 1.54) is 6.42 Å². The van der Waals surface area contributed by atoms with E-state index in [4.69, 9.17) is 15.0 Å². The van der Waals surface area contributed by atoms with Crippen molar-refractivity contribution >= 4 is 0 Å². The zero-order chi connectivity index (χ0) is 12.6. The van der Waals surface area contributed by atoms with Crippen molar-refractivity contribution in [1.29, 1.82) is 0 Å². The van der Waals surface area contributed by atoms with E-state index in [0.717, 1.165) is 38.1 Å². The van der Waals surface area contributed by atoms with Crippen LogP contribution < -0.4 is 5.73 Å². The van der Waals surface area contributed by atoms with Gasteiger partial charge in [-0.1, -0.05) is 24.9 Å². The smallest absolute Gasteiger partial charge is 0.246 e. The second-order valence-electron chi connectivity index (χ2n) is 5.88. The van der Waals surface area contributed by atoms with Crippen molar-refractivity contribution in [3.8, 4) is 0 Å². The van der Waals surface area contributed by atoms with Crippen LogP contribution in [0.4, 0.5) is 0 Å². The van der Waals surface area contributed by atoms with Gasteiger partial charge < -0.3 is 15.0 Å². The topological polar surface area (TPSA) is 74.2 Å². The first-order chi connectivity index (χ1) is 8.67. The average Bonchev–Trinajstić information content (AvgIpc) is 3.00. The first-order valence-corrected chi connectivity index (χ1v) is 6.88. The fraction of sp³-hybridized carbons (Fsp3) is 0.846. The Hall–Kier alpha value is -0.940. The molecule has 5 heteroatoms. The van der Waals surface area contributed by atoms with Crippen LogP contribution in [0.25, 0.3) is 0 Å². The van der Waals surface area contributed by atoms with Crippen LogP contribution in [0.5, 0.6) is 0 Å². The van der Waals surface area contributed by atoms with E-state index in [9.17, 15) is 0 Å². The van der Waals surface area contributed by atoms with Crippen molar-refractivity contribution < 1.29 is 9.26 Å². The van der Waals surface area contributed by atoms with Gasteiger partial charge in [-0.05, 0) is 25.2 Å². The Kier molecular flexibility index (Phi) is 3.11. The van der Waals surface area contributed by atoms with Crippen molar-refractivity contribution in [2.75, 3.05) is 13.2 Å². The van der Waals surface area contributed by atoms with Crippen LogP contribution in [0, 0.1) is 5.92 Å². The number of nitrogens with two attached hydrogens (primary N) is 1. The summed E-state index contributed by atoms with van der Waals surface area (Å²) in [5, 5.41) is 4.10. The lowest BCUT2D eigenvalue weighted by Gasteiger charge is -2.33. The second kappa shape index (κ2) is 4.63. The molecule has 3 atom stereocenters. The average molecular weight is 251 g/mol. The maximum Gasteiger partial charge on any atom is 0.246 e. The maximum absolute atomic E-state index is 6.46. The maximum atomic E-state index is 6.46. The molecule has 2 aliphatic rings. The molecule has 5 nitrogen and oxygen atoms in total. The summed E-state index contributed by atoms with van der Waals surface area (Å²) in [5.74, 6) is 2.31. The highest BCUT2D eigenvalue weighted by atomic mass is 16.5. The summed E-state index contributed by atoms with van der Waals surface area (Å²) < 4.78 is 10.8. The molecule has 1 aromatic heterocycles. The molecule has 0 bridgehead atoms. The third kappa shape index (κ3) is 2.17. The highest BCUT2D eigenvalue weighted by Gasteiger charge is 2.38. The SMILES string of the molecule is CC1CCCC(N)(c2nc(C3CCOC3)no2)C1. The summed E-state index contributed by atoms with van der Waals surface area (Å²) in [6.45, 7) is 3.73. The van der Waals surface area contributed by atoms with Gasteiger partial charge >= 0.3 is 0 Å². The lowest BCUT2D eigenvalue weighted by molar-refractivity contribution is 0.182. The van der Waals surface area contributed by atoms with Gasteiger partial charge in [0.05, 0.1) is 12.1 Å². The van der Waals surface area contributed by atoms with Crippen LogP contribution in [0.2, 0.25) is 0 Å². The highest BCUT2D eigenvalue weighted by Crippen LogP contribution is 2.37. The fourth-order valence-corrected chi connectivity index (χ4v) is 3.13. The molecule has 1 saturated carbocycles. The number of hydrogen-bond donors (Lipinski definition) is 1. The third-order valence-corrected chi connectivity index (χ3v) is 4.20. The lowest BCUT2D eigenvalue weighted by Crippen LogP contribution is -2.41. The van der Waals surface area contributed by atoms with E-state index >= 15 is 0 Å². The second-order valence-corrected chi connectivity index (χ2v) is 5.88. The monoisotopic (exact) mass is 251 g/mol. The molecule has 1 aromatic rings. The Morgan fingerprint density at radius 2 is 2.28 bits per heavy atom. The molecular weight excluding hydrogens is 230 g/mol. The predicted molar refractivity (Wildman–Crippen MR) is 66.0 cm³/mol. The first-order valence-electron chi connectivity index (χ1n) is 6.88. The molecule has 2 heterocycles. The van der Waals surface area contributed by atoms with Crippen molar-refractivity contribution in [3.63, 3.8) is 0 Å².